The summed E-state index contributed by atoms with van der Waals surface area (Å²) in [5.41, 5.74) is 4.21. The molecule has 0 aliphatic heterocycles. The van der Waals surface area contributed by atoms with Crippen molar-refractivity contribution in [2.45, 2.75) is 38.4 Å². The molecule has 2 aromatic carbocycles. The van der Waals surface area contributed by atoms with Crippen molar-refractivity contribution in [1.29, 1.82) is 0 Å². The van der Waals surface area contributed by atoms with Crippen molar-refractivity contribution in [3.8, 4) is 11.4 Å². The van der Waals surface area contributed by atoms with Gasteiger partial charge in [0.05, 0.1) is 5.75 Å². The highest BCUT2D eigenvalue weighted by Gasteiger charge is 2.15. The van der Waals surface area contributed by atoms with Gasteiger partial charge in [0, 0.05) is 37.6 Å². The predicted octanol–water partition coefficient (Wildman–Crippen LogP) is 4.89. The van der Waals surface area contributed by atoms with Gasteiger partial charge in [-0.1, -0.05) is 37.7 Å². The highest BCUT2D eigenvalue weighted by atomic mass is 32.2. The van der Waals surface area contributed by atoms with Gasteiger partial charge < -0.3 is 14.8 Å². The Labute approximate surface area is 182 Å². The second-order valence-corrected chi connectivity index (χ2v) is 8.55. The maximum absolute atomic E-state index is 12.4. The zero-order chi connectivity index (χ0) is 21.7. The molecular formula is C23H29N5OS. The molecular weight excluding hydrogens is 394 g/mol. The van der Waals surface area contributed by atoms with Gasteiger partial charge in [-0.25, -0.2) is 0 Å². The maximum atomic E-state index is 12.4. The Kier molecular flexibility index (Phi) is 7.15. The lowest BCUT2D eigenvalue weighted by Crippen LogP contribution is -2.14. The van der Waals surface area contributed by atoms with Crippen LogP contribution in [-0.2, 0) is 11.3 Å². The number of nitrogens with one attached hydrogen (secondary N) is 1. The molecule has 0 spiro atoms. The third kappa shape index (κ3) is 5.21. The van der Waals surface area contributed by atoms with Crippen molar-refractivity contribution >= 4 is 29.0 Å². The summed E-state index contributed by atoms with van der Waals surface area (Å²) in [6.07, 6.45) is 0. The van der Waals surface area contributed by atoms with E-state index in [1.54, 1.807) is 0 Å². The Morgan fingerprint density at radius 1 is 1.07 bits per heavy atom. The summed E-state index contributed by atoms with van der Waals surface area (Å²) in [7, 11) is 4.03. The molecule has 0 aliphatic carbocycles. The molecule has 158 valence electrons. The van der Waals surface area contributed by atoms with Gasteiger partial charge in [-0.2, -0.15) is 0 Å². The third-order valence-corrected chi connectivity index (χ3v) is 5.84. The van der Waals surface area contributed by atoms with Crippen molar-refractivity contribution < 1.29 is 4.79 Å². The van der Waals surface area contributed by atoms with E-state index in [9.17, 15) is 4.79 Å². The third-order valence-electron chi connectivity index (χ3n) is 4.87. The van der Waals surface area contributed by atoms with E-state index in [0.29, 0.717) is 5.92 Å². The second-order valence-electron chi connectivity index (χ2n) is 7.61. The molecule has 0 saturated carbocycles. The molecule has 30 heavy (non-hydrogen) atoms. The van der Waals surface area contributed by atoms with Gasteiger partial charge in [-0.3, -0.25) is 4.79 Å². The van der Waals surface area contributed by atoms with E-state index in [2.05, 4.69) is 65.5 Å². The van der Waals surface area contributed by atoms with Gasteiger partial charge in [-0.15, -0.1) is 10.2 Å². The molecule has 1 amide bonds. The molecule has 1 heterocycles. The van der Waals surface area contributed by atoms with E-state index in [-0.39, 0.29) is 11.7 Å². The molecule has 0 aliphatic rings. The molecule has 0 radical (unpaired) electrons. The zero-order valence-corrected chi connectivity index (χ0v) is 19.0. The number of amides is 1. The largest absolute Gasteiger partial charge is 0.378 e. The maximum Gasteiger partial charge on any atom is 0.234 e. The average Bonchev–Trinajstić information content (AvgIpc) is 3.15. The van der Waals surface area contributed by atoms with E-state index in [0.717, 1.165) is 34.5 Å². The van der Waals surface area contributed by atoms with E-state index in [4.69, 9.17) is 0 Å². The predicted molar refractivity (Wildman–Crippen MR) is 125 cm³/mol. The molecule has 0 bridgehead atoms. The number of carbonyl (C=O) groups is 1. The van der Waals surface area contributed by atoms with Crippen LogP contribution in [0.5, 0.6) is 0 Å². The zero-order valence-electron chi connectivity index (χ0n) is 18.2. The van der Waals surface area contributed by atoms with Crippen molar-refractivity contribution in [2.24, 2.45) is 0 Å². The van der Waals surface area contributed by atoms with Crippen molar-refractivity contribution in [3.63, 3.8) is 0 Å². The monoisotopic (exact) mass is 423 g/mol. The topological polar surface area (TPSA) is 63.1 Å². The summed E-state index contributed by atoms with van der Waals surface area (Å²) in [5, 5.41) is 12.4. The van der Waals surface area contributed by atoms with E-state index in [1.807, 2.05) is 42.9 Å². The number of thioether (sulfide) groups is 1. The van der Waals surface area contributed by atoms with Gasteiger partial charge >= 0.3 is 0 Å². The SMILES string of the molecule is CCn1c(SCC(=O)Nc2ccc(C(C)C)cc2)nnc1-c1ccc(N(C)C)cc1. The van der Waals surface area contributed by atoms with Crippen molar-refractivity contribution in [3.05, 3.63) is 54.1 Å². The van der Waals surface area contributed by atoms with Gasteiger partial charge in [0.1, 0.15) is 0 Å². The lowest BCUT2D eigenvalue weighted by Gasteiger charge is -2.13. The minimum atomic E-state index is -0.0557. The molecule has 0 unspecified atom stereocenters. The molecule has 7 heteroatoms. The summed E-state index contributed by atoms with van der Waals surface area (Å²) < 4.78 is 2.04. The lowest BCUT2D eigenvalue weighted by molar-refractivity contribution is -0.113. The van der Waals surface area contributed by atoms with E-state index >= 15 is 0 Å². The summed E-state index contributed by atoms with van der Waals surface area (Å²) in [5.74, 6) is 1.51. The Bertz CT molecular complexity index is 978. The molecule has 1 N–H and O–H groups in total. The molecule has 3 rings (SSSR count). The number of rotatable bonds is 8. The van der Waals surface area contributed by atoms with Crippen LogP contribution < -0.4 is 10.2 Å². The van der Waals surface area contributed by atoms with Crippen LogP contribution in [-0.4, -0.2) is 40.5 Å². The van der Waals surface area contributed by atoms with Gasteiger partial charge in [0.25, 0.3) is 0 Å². The number of benzene rings is 2. The highest BCUT2D eigenvalue weighted by Crippen LogP contribution is 2.26. The average molecular weight is 424 g/mol. The van der Waals surface area contributed by atoms with Gasteiger partial charge in [-0.05, 0) is 54.8 Å². The molecule has 0 fully saturated rings. The molecule has 0 saturated heterocycles. The smallest absolute Gasteiger partial charge is 0.234 e. The highest BCUT2D eigenvalue weighted by molar-refractivity contribution is 7.99. The van der Waals surface area contributed by atoms with E-state index in [1.165, 1.54) is 17.3 Å². The molecule has 6 nitrogen and oxygen atoms in total. The van der Waals surface area contributed by atoms with E-state index < -0.39 is 0 Å². The van der Waals surface area contributed by atoms with Crippen LogP contribution >= 0.6 is 11.8 Å². The molecule has 0 atom stereocenters. The Hall–Kier alpha value is -2.80. The summed E-state index contributed by atoms with van der Waals surface area (Å²) in [6.45, 7) is 7.10. The fourth-order valence-corrected chi connectivity index (χ4v) is 3.88. The summed E-state index contributed by atoms with van der Waals surface area (Å²) >= 11 is 1.40. The summed E-state index contributed by atoms with van der Waals surface area (Å²) in [6, 6.07) is 16.2. The first-order valence-corrected chi connectivity index (χ1v) is 11.1. The van der Waals surface area contributed by atoms with Crippen LogP contribution in [0.4, 0.5) is 11.4 Å². The number of aromatic nitrogens is 3. The van der Waals surface area contributed by atoms with Crippen LogP contribution in [0.3, 0.4) is 0 Å². The number of hydrogen-bond acceptors (Lipinski definition) is 5. The Balaban J connectivity index is 1.64. The van der Waals surface area contributed by atoms with Crippen LogP contribution in [0.2, 0.25) is 0 Å². The number of nitrogens with zero attached hydrogens (tertiary/aromatic N) is 4. The minimum absolute atomic E-state index is 0.0557. The molecule has 3 aromatic rings. The minimum Gasteiger partial charge on any atom is -0.378 e. The first kappa shape index (κ1) is 21.9. The Morgan fingerprint density at radius 3 is 2.30 bits per heavy atom. The first-order chi connectivity index (χ1) is 14.4. The molecule has 1 aromatic heterocycles. The van der Waals surface area contributed by atoms with Crippen molar-refractivity contribution in [1.82, 2.24) is 14.8 Å². The normalized spacial score (nSPS) is 11.0. The number of hydrogen-bond donors (Lipinski definition) is 1. The van der Waals surface area contributed by atoms with Crippen molar-refractivity contribution in [2.75, 3.05) is 30.1 Å². The number of anilines is 2. The van der Waals surface area contributed by atoms with Crippen LogP contribution in [0.15, 0.2) is 53.7 Å². The summed E-state index contributed by atoms with van der Waals surface area (Å²) in [4.78, 5) is 14.4. The fraction of sp³-hybridized carbons (Fsp3) is 0.348. The van der Waals surface area contributed by atoms with Crippen LogP contribution in [0, 0.1) is 0 Å². The quantitative estimate of drug-likeness (QED) is 0.523. The standard InChI is InChI=1S/C23H29N5OS/c1-6-28-22(18-9-13-20(14-10-18)27(4)5)25-26-23(28)30-15-21(29)24-19-11-7-17(8-12-19)16(2)3/h7-14,16H,6,15H2,1-5H3,(H,24,29). The first-order valence-electron chi connectivity index (χ1n) is 10.1. The second kappa shape index (κ2) is 9.80. The van der Waals surface area contributed by atoms with Gasteiger partial charge in [0.15, 0.2) is 11.0 Å². The number of carbonyl (C=O) groups excluding carboxylic acids is 1. The Morgan fingerprint density at radius 2 is 1.73 bits per heavy atom. The lowest BCUT2D eigenvalue weighted by atomic mass is 10.0. The van der Waals surface area contributed by atoms with Crippen LogP contribution in [0.25, 0.3) is 11.4 Å². The van der Waals surface area contributed by atoms with Gasteiger partial charge in [0.2, 0.25) is 5.91 Å². The fourth-order valence-electron chi connectivity index (χ4n) is 3.08. The van der Waals surface area contributed by atoms with Crippen LogP contribution in [0.1, 0.15) is 32.3 Å².